The zero-order chi connectivity index (χ0) is 8.43. The van der Waals surface area contributed by atoms with Gasteiger partial charge in [0.2, 0.25) is 11.8 Å². The van der Waals surface area contributed by atoms with Crippen LogP contribution in [0.25, 0.3) is 0 Å². The first-order chi connectivity index (χ1) is 5.11. The van der Waals surface area contributed by atoms with Crippen molar-refractivity contribution in [3.8, 4) is 0 Å². The van der Waals surface area contributed by atoms with Gasteiger partial charge in [0.15, 0.2) is 0 Å². The van der Waals surface area contributed by atoms with Crippen molar-refractivity contribution in [3.63, 3.8) is 0 Å². The van der Waals surface area contributed by atoms with Crippen LogP contribution in [0.3, 0.4) is 0 Å². The lowest BCUT2D eigenvalue weighted by atomic mass is 10.3. The van der Waals surface area contributed by atoms with Crippen molar-refractivity contribution in [1.82, 2.24) is 5.32 Å². The Bertz CT molecular complexity index is 187. The molecule has 0 aromatic rings. The highest BCUT2D eigenvalue weighted by molar-refractivity contribution is 5.88. The van der Waals surface area contributed by atoms with Gasteiger partial charge >= 0.3 is 0 Å². The molecule has 1 aliphatic rings. The fraction of sp³-hybridized carbons (Fsp3) is 0.714. The second-order valence-electron chi connectivity index (χ2n) is 2.91. The third-order valence-corrected chi connectivity index (χ3v) is 1.73. The van der Waals surface area contributed by atoms with Gasteiger partial charge in [0, 0.05) is 5.92 Å². The average Bonchev–Trinajstić information content (AvgIpc) is 2.67. The molecule has 0 heterocycles. The minimum Gasteiger partial charge on any atom is -0.368 e. The van der Waals surface area contributed by atoms with E-state index in [0.29, 0.717) is 0 Å². The molecule has 1 aliphatic carbocycles. The maximum atomic E-state index is 11.0. The van der Waals surface area contributed by atoms with Gasteiger partial charge in [0.05, 0.1) is 0 Å². The summed E-state index contributed by atoms with van der Waals surface area (Å²) < 4.78 is 0. The minimum atomic E-state index is -0.539. The van der Waals surface area contributed by atoms with Crippen LogP contribution in [0.2, 0.25) is 0 Å². The summed E-state index contributed by atoms with van der Waals surface area (Å²) in [6.07, 6.45) is 1.88. The van der Waals surface area contributed by atoms with E-state index in [0.717, 1.165) is 12.8 Å². The summed E-state index contributed by atoms with van der Waals surface area (Å²) in [6, 6.07) is -0.539. The average molecular weight is 156 g/mol. The first kappa shape index (κ1) is 8.04. The molecule has 0 bridgehead atoms. The molecular formula is C7H12N2O2. The number of hydrogen-bond acceptors (Lipinski definition) is 2. The monoisotopic (exact) mass is 156 g/mol. The zero-order valence-corrected chi connectivity index (χ0v) is 6.46. The van der Waals surface area contributed by atoms with Gasteiger partial charge < -0.3 is 11.1 Å². The zero-order valence-electron chi connectivity index (χ0n) is 6.46. The predicted octanol–water partition coefficient (Wildman–Crippen LogP) is -0.614. The molecular weight excluding hydrogens is 144 g/mol. The first-order valence-corrected chi connectivity index (χ1v) is 3.71. The molecule has 3 N–H and O–H groups in total. The lowest BCUT2D eigenvalue weighted by Crippen LogP contribution is -2.42. The largest absolute Gasteiger partial charge is 0.368 e. The van der Waals surface area contributed by atoms with E-state index >= 15 is 0 Å². The van der Waals surface area contributed by atoms with Crippen LogP contribution in [0.4, 0.5) is 0 Å². The van der Waals surface area contributed by atoms with Crippen LogP contribution in [-0.2, 0) is 9.59 Å². The number of amides is 2. The summed E-state index contributed by atoms with van der Waals surface area (Å²) in [5.74, 6) is -0.396. The Balaban J connectivity index is 2.28. The van der Waals surface area contributed by atoms with E-state index in [-0.39, 0.29) is 11.8 Å². The highest BCUT2D eigenvalue weighted by Crippen LogP contribution is 2.28. The number of carbonyl (C=O) groups is 2. The molecule has 4 heteroatoms. The van der Waals surface area contributed by atoms with Gasteiger partial charge in [0.1, 0.15) is 6.04 Å². The summed E-state index contributed by atoms with van der Waals surface area (Å²) in [5.41, 5.74) is 4.95. The van der Waals surface area contributed by atoms with Crippen LogP contribution in [-0.4, -0.2) is 17.9 Å². The van der Waals surface area contributed by atoms with Crippen molar-refractivity contribution in [2.75, 3.05) is 0 Å². The Morgan fingerprint density at radius 2 is 2.09 bits per heavy atom. The molecule has 1 saturated carbocycles. The van der Waals surface area contributed by atoms with E-state index < -0.39 is 11.9 Å². The molecule has 1 atom stereocenters. The van der Waals surface area contributed by atoms with Crippen LogP contribution in [0.1, 0.15) is 19.8 Å². The Labute approximate surface area is 65.1 Å². The molecule has 4 nitrogen and oxygen atoms in total. The second kappa shape index (κ2) is 2.90. The van der Waals surface area contributed by atoms with Crippen LogP contribution < -0.4 is 11.1 Å². The summed E-state index contributed by atoms with van der Waals surface area (Å²) in [5, 5.41) is 2.53. The van der Waals surface area contributed by atoms with Gasteiger partial charge in [-0.1, -0.05) is 0 Å². The van der Waals surface area contributed by atoms with E-state index in [9.17, 15) is 9.59 Å². The highest BCUT2D eigenvalue weighted by Gasteiger charge is 2.30. The number of nitrogens with two attached hydrogens (primary N) is 1. The number of hydrogen-bond donors (Lipinski definition) is 2. The maximum Gasteiger partial charge on any atom is 0.239 e. The Morgan fingerprint density at radius 1 is 1.55 bits per heavy atom. The van der Waals surface area contributed by atoms with Gasteiger partial charge in [-0.15, -0.1) is 0 Å². The molecule has 0 aliphatic heterocycles. The van der Waals surface area contributed by atoms with Crippen molar-refractivity contribution in [2.45, 2.75) is 25.8 Å². The fourth-order valence-electron chi connectivity index (χ4n) is 0.748. The van der Waals surface area contributed by atoms with E-state index in [2.05, 4.69) is 5.32 Å². The van der Waals surface area contributed by atoms with Crippen LogP contribution in [0.15, 0.2) is 0 Å². The topological polar surface area (TPSA) is 72.2 Å². The Kier molecular flexibility index (Phi) is 2.12. The van der Waals surface area contributed by atoms with Crippen molar-refractivity contribution in [3.05, 3.63) is 0 Å². The van der Waals surface area contributed by atoms with E-state index in [1.54, 1.807) is 6.92 Å². The molecule has 2 amide bonds. The number of carbonyl (C=O) groups excluding carboxylic acids is 2. The van der Waals surface area contributed by atoms with Crippen LogP contribution in [0.5, 0.6) is 0 Å². The van der Waals surface area contributed by atoms with Gasteiger partial charge in [-0.2, -0.15) is 0 Å². The molecule has 11 heavy (non-hydrogen) atoms. The van der Waals surface area contributed by atoms with Crippen molar-refractivity contribution >= 4 is 11.8 Å². The van der Waals surface area contributed by atoms with Crippen molar-refractivity contribution < 1.29 is 9.59 Å². The predicted molar refractivity (Wildman–Crippen MR) is 39.5 cm³/mol. The van der Waals surface area contributed by atoms with Gasteiger partial charge in [-0.3, -0.25) is 9.59 Å². The second-order valence-corrected chi connectivity index (χ2v) is 2.91. The van der Waals surface area contributed by atoms with E-state index in [4.69, 9.17) is 5.73 Å². The third-order valence-electron chi connectivity index (χ3n) is 1.73. The van der Waals surface area contributed by atoms with E-state index in [1.807, 2.05) is 0 Å². The molecule has 0 saturated heterocycles. The van der Waals surface area contributed by atoms with Gasteiger partial charge in [0.25, 0.3) is 0 Å². The smallest absolute Gasteiger partial charge is 0.239 e. The normalized spacial score (nSPS) is 19.0. The molecule has 1 fully saturated rings. The Morgan fingerprint density at radius 3 is 2.45 bits per heavy atom. The van der Waals surface area contributed by atoms with Crippen molar-refractivity contribution in [1.29, 1.82) is 0 Å². The standard InChI is InChI=1S/C7H12N2O2/c1-4(6(8)10)9-7(11)5-2-3-5/h4-5H,2-3H2,1H3,(H2,8,10)(H,9,11). The van der Waals surface area contributed by atoms with Gasteiger partial charge in [-0.25, -0.2) is 0 Å². The molecule has 0 radical (unpaired) electrons. The maximum absolute atomic E-state index is 11.0. The molecule has 62 valence electrons. The lowest BCUT2D eigenvalue weighted by molar-refractivity contribution is -0.127. The number of primary amides is 1. The Hall–Kier alpha value is -1.06. The highest BCUT2D eigenvalue weighted by atomic mass is 16.2. The molecule has 0 spiro atoms. The summed E-state index contributed by atoms with van der Waals surface area (Å²) in [7, 11) is 0. The minimum absolute atomic E-state index is 0.0451. The number of nitrogens with one attached hydrogen (secondary N) is 1. The summed E-state index contributed by atoms with van der Waals surface area (Å²) in [6.45, 7) is 1.59. The third kappa shape index (κ3) is 2.22. The molecule has 0 aromatic heterocycles. The summed E-state index contributed by atoms with van der Waals surface area (Å²) >= 11 is 0. The van der Waals surface area contributed by atoms with Crippen molar-refractivity contribution in [2.24, 2.45) is 11.7 Å². The molecule has 1 rings (SSSR count). The van der Waals surface area contributed by atoms with Gasteiger partial charge in [-0.05, 0) is 19.8 Å². The summed E-state index contributed by atoms with van der Waals surface area (Å²) in [4.78, 5) is 21.5. The first-order valence-electron chi connectivity index (χ1n) is 3.71. The van der Waals surface area contributed by atoms with E-state index in [1.165, 1.54) is 0 Å². The van der Waals surface area contributed by atoms with Crippen LogP contribution >= 0.6 is 0 Å². The lowest BCUT2D eigenvalue weighted by Gasteiger charge is -2.08. The number of rotatable bonds is 3. The fourth-order valence-corrected chi connectivity index (χ4v) is 0.748. The molecule has 0 aromatic carbocycles. The SMILES string of the molecule is CC(NC(=O)C1CC1)C(N)=O. The molecule has 1 unspecified atom stereocenters. The van der Waals surface area contributed by atoms with Crippen LogP contribution in [0, 0.1) is 5.92 Å². The quantitative estimate of drug-likeness (QED) is 0.572.